The van der Waals surface area contributed by atoms with E-state index in [1.165, 1.54) is 12.1 Å². The summed E-state index contributed by atoms with van der Waals surface area (Å²) in [6.45, 7) is 0.0593. The molecule has 0 amide bonds. The van der Waals surface area contributed by atoms with Crippen molar-refractivity contribution < 1.29 is 8.78 Å². The Morgan fingerprint density at radius 3 is 2.63 bits per heavy atom. The van der Waals surface area contributed by atoms with Gasteiger partial charge in [-0.05, 0) is 0 Å². The van der Waals surface area contributed by atoms with Gasteiger partial charge in [0.15, 0.2) is 0 Å². The Hall–Kier alpha value is -1.82. The molecule has 4 nitrogen and oxygen atoms in total. The molecule has 2 aromatic rings. The Morgan fingerprint density at radius 2 is 2.00 bits per heavy atom. The summed E-state index contributed by atoms with van der Waals surface area (Å²) in [7, 11) is 1.83. The van der Waals surface area contributed by atoms with Gasteiger partial charge in [0.2, 0.25) is 0 Å². The van der Waals surface area contributed by atoms with Gasteiger partial charge in [0.05, 0.1) is 6.54 Å². The maximum absolute atomic E-state index is 13.8. The van der Waals surface area contributed by atoms with E-state index in [-0.39, 0.29) is 12.1 Å². The molecule has 0 aliphatic rings. The van der Waals surface area contributed by atoms with E-state index in [1.807, 2.05) is 7.05 Å². The van der Waals surface area contributed by atoms with Gasteiger partial charge in [-0.1, -0.05) is 30.3 Å². The molecule has 0 radical (unpaired) electrons. The van der Waals surface area contributed by atoms with Gasteiger partial charge in [0, 0.05) is 25.6 Å². The lowest BCUT2D eigenvalue weighted by Gasteiger charge is -2.17. The van der Waals surface area contributed by atoms with Crippen LogP contribution in [-0.2, 0) is 19.4 Å². The van der Waals surface area contributed by atoms with Crippen molar-refractivity contribution in [3.05, 3.63) is 48.0 Å². The summed E-state index contributed by atoms with van der Waals surface area (Å²) in [5, 5.41) is 10.4. The van der Waals surface area contributed by atoms with Crippen molar-refractivity contribution in [3.63, 3.8) is 0 Å². The molecule has 0 aliphatic heterocycles. The van der Waals surface area contributed by atoms with Crippen molar-refractivity contribution in [2.45, 2.75) is 12.3 Å². The SMILES string of the molecule is Cn1cnnc1CCNCC(F)(F)c1ccccc1. The average Bonchev–Trinajstić information content (AvgIpc) is 2.81. The number of aryl methyl sites for hydroxylation is 1. The fourth-order valence-electron chi connectivity index (χ4n) is 1.76. The predicted molar refractivity (Wildman–Crippen MR) is 67.9 cm³/mol. The van der Waals surface area contributed by atoms with E-state index in [2.05, 4.69) is 15.5 Å². The van der Waals surface area contributed by atoms with Gasteiger partial charge in [0.25, 0.3) is 5.92 Å². The molecule has 1 heterocycles. The Kier molecular flexibility index (Phi) is 4.21. The summed E-state index contributed by atoms with van der Waals surface area (Å²) in [5.41, 5.74) is 0.0289. The topological polar surface area (TPSA) is 42.7 Å². The fourth-order valence-corrected chi connectivity index (χ4v) is 1.76. The van der Waals surface area contributed by atoms with E-state index in [4.69, 9.17) is 0 Å². The third-order valence-electron chi connectivity index (χ3n) is 2.87. The smallest absolute Gasteiger partial charge is 0.285 e. The number of alkyl halides is 2. The molecule has 6 heteroatoms. The summed E-state index contributed by atoms with van der Waals surface area (Å²) in [6, 6.07) is 7.82. The van der Waals surface area contributed by atoms with Crippen molar-refractivity contribution in [3.8, 4) is 0 Å². The fraction of sp³-hybridized carbons (Fsp3) is 0.385. The molecule has 0 fully saturated rings. The standard InChI is InChI=1S/C13H16F2N4/c1-19-10-17-18-12(19)7-8-16-9-13(14,15)11-5-3-2-4-6-11/h2-6,10,16H,7-9H2,1H3. The van der Waals surface area contributed by atoms with Gasteiger partial charge in [-0.3, -0.25) is 0 Å². The van der Waals surface area contributed by atoms with Crippen molar-refractivity contribution in [2.75, 3.05) is 13.1 Å². The summed E-state index contributed by atoms with van der Waals surface area (Å²) < 4.78 is 29.4. The van der Waals surface area contributed by atoms with E-state index in [0.29, 0.717) is 13.0 Å². The molecular weight excluding hydrogens is 250 g/mol. The summed E-state index contributed by atoms with van der Waals surface area (Å²) in [5.74, 6) is -2.09. The number of halogens is 2. The third-order valence-corrected chi connectivity index (χ3v) is 2.87. The molecule has 0 aliphatic carbocycles. The normalized spacial score (nSPS) is 11.7. The zero-order chi connectivity index (χ0) is 13.7. The first-order chi connectivity index (χ1) is 9.09. The highest BCUT2D eigenvalue weighted by Gasteiger charge is 2.30. The van der Waals surface area contributed by atoms with Gasteiger partial charge in [-0.15, -0.1) is 10.2 Å². The minimum absolute atomic E-state index is 0.0289. The zero-order valence-electron chi connectivity index (χ0n) is 10.7. The molecule has 0 atom stereocenters. The lowest BCUT2D eigenvalue weighted by molar-refractivity contribution is -0.00289. The van der Waals surface area contributed by atoms with Crippen LogP contribution < -0.4 is 5.32 Å². The van der Waals surface area contributed by atoms with E-state index in [9.17, 15) is 8.78 Å². The first-order valence-electron chi connectivity index (χ1n) is 6.06. The minimum atomic E-state index is -2.86. The zero-order valence-corrected chi connectivity index (χ0v) is 10.7. The van der Waals surface area contributed by atoms with Crippen LogP contribution in [0, 0.1) is 0 Å². The number of rotatable bonds is 6. The minimum Gasteiger partial charge on any atom is -0.321 e. The van der Waals surface area contributed by atoms with Crippen LogP contribution in [0.2, 0.25) is 0 Å². The van der Waals surface area contributed by atoms with Crippen molar-refractivity contribution in [2.24, 2.45) is 7.05 Å². The second kappa shape index (κ2) is 5.88. The lowest BCUT2D eigenvalue weighted by atomic mass is 10.1. The van der Waals surface area contributed by atoms with Gasteiger partial charge in [0.1, 0.15) is 12.2 Å². The number of nitrogens with one attached hydrogen (secondary N) is 1. The van der Waals surface area contributed by atoms with Crippen LogP contribution in [0.1, 0.15) is 11.4 Å². The van der Waals surface area contributed by atoms with Gasteiger partial charge in [-0.25, -0.2) is 0 Å². The highest BCUT2D eigenvalue weighted by Crippen LogP contribution is 2.26. The van der Waals surface area contributed by atoms with Crippen LogP contribution in [0.3, 0.4) is 0 Å². The first kappa shape index (κ1) is 13.6. The monoisotopic (exact) mass is 266 g/mol. The summed E-state index contributed by atoms with van der Waals surface area (Å²) >= 11 is 0. The maximum Gasteiger partial charge on any atom is 0.285 e. The number of nitrogens with zero attached hydrogens (tertiary/aromatic N) is 3. The highest BCUT2D eigenvalue weighted by atomic mass is 19.3. The van der Waals surface area contributed by atoms with Gasteiger partial charge < -0.3 is 9.88 Å². The molecular formula is C13H16F2N4. The number of hydrogen-bond acceptors (Lipinski definition) is 3. The van der Waals surface area contributed by atoms with Crippen LogP contribution in [0.15, 0.2) is 36.7 Å². The molecule has 0 bridgehead atoms. The van der Waals surface area contributed by atoms with E-state index < -0.39 is 5.92 Å². The Balaban J connectivity index is 1.81. The molecule has 1 aromatic heterocycles. The summed E-state index contributed by atoms with van der Waals surface area (Å²) in [4.78, 5) is 0. The Bertz CT molecular complexity index is 510. The van der Waals surface area contributed by atoms with Crippen molar-refractivity contribution in [1.29, 1.82) is 0 Å². The Labute approximate surface area is 110 Å². The maximum atomic E-state index is 13.8. The van der Waals surface area contributed by atoms with Gasteiger partial charge in [-0.2, -0.15) is 8.78 Å². The van der Waals surface area contributed by atoms with Crippen LogP contribution >= 0.6 is 0 Å². The number of hydrogen-bond donors (Lipinski definition) is 1. The molecule has 0 saturated carbocycles. The quantitative estimate of drug-likeness (QED) is 0.810. The first-order valence-corrected chi connectivity index (χ1v) is 6.06. The second-order valence-corrected chi connectivity index (χ2v) is 4.36. The summed E-state index contributed by atoms with van der Waals surface area (Å²) in [6.07, 6.45) is 2.16. The molecule has 19 heavy (non-hydrogen) atoms. The molecule has 102 valence electrons. The average molecular weight is 266 g/mol. The molecule has 1 aromatic carbocycles. The van der Waals surface area contributed by atoms with E-state index in [0.717, 1.165) is 5.82 Å². The van der Waals surface area contributed by atoms with Crippen molar-refractivity contribution in [1.82, 2.24) is 20.1 Å². The molecule has 0 spiro atoms. The van der Waals surface area contributed by atoms with E-state index in [1.54, 1.807) is 29.1 Å². The number of aromatic nitrogens is 3. The van der Waals surface area contributed by atoms with Crippen LogP contribution in [-0.4, -0.2) is 27.9 Å². The largest absolute Gasteiger partial charge is 0.321 e. The lowest BCUT2D eigenvalue weighted by Crippen LogP contribution is -2.32. The molecule has 0 saturated heterocycles. The highest BCUT2D eigenvalue weighted by molar-refractivity contribution is 5.20. The molecule has 1 N–H and O–H groups in total. The van der Waals surface area contributed by atoms with Crippen LogP contribution in [0.5, 0.6) is 0 Å². The third kappa shape index (κ3) is 3.57. The van der Waals surface area contributed by atoms with Crippen LogP contribution in [0.25, 0.3) is 0 Å². The predicted octanol–water partition coefficient (Wildman–Crippen LogP) is 1.74. The molecule has 2 rings (SSSR count). The Morgan fingerprint density at radius 1 is 1.26 bits per heavy atom. The van der Waals surface area contributed by atoms with Crippen LogP contribution in [0.4, 0.5) is 8.78 Å². The van der Waals surface area contributed by atoms with Gasteiger partial charge >= 0.3 is 0 Å². The van der Waals surface area contributed by atoms with E-state index >= 15 is 0 Å². The number of benzene rings is 1. The second-order valence-electron chi connectivity index (χ2n) is 4.36. The molecule has 0 unspecified atom stereocenters. The van der Waals surface area contributed by atoms with Crippen molar-refractivity contribution >= 4 is 0 Å².